The lowest BCUT2D eigenvalue weighted by Gasteiger charge is -2.32. The number of hydrazone groups is 1. The fourth-order valence-corrected chi connectivity index (χ4v) is 2.40. The molecule has 1 unspecified atom stereocenters. The van der Waals surface area contributed by atoms with Crippen molar-refractivity contribution in [1.29, 1.82) is 0 Å². The number of carbonyl (C=O) groups excluding carboxylic acids is 1. The molecule has 1 atom stereocenters. The topological polar surface area (TPSA) is 47.9 Å². The molecule has 5 nitrogen and oxygen atoms in total. The minimum atomic E-state index is -0.469. The summed E-state index contributed by atoms with van der Waals surface area (Å²) in [4.78, 5) is 15.9. The molecule has 1 N–H and O–H groups in total. The Labute approximate surface area is 116 Å². The number of benzene rings is 1. The molecule has 3 rings (SSSR count). The Balaban J connectivity index is 2.00. The molecule has 2 aliphatic rings. The number of hydrogen-bond donors (Lipinski definition) is 1. The molecular formula is C13H13ClN4O. The van der Waals surface area contributed by atoms with Crippen molar-refractivity contribution in [1.82, 2.24) is 10.3 Å². The van der Waals surface area contributed by atoms with Gasteiger partial charge in [-0.05, 0) is 31.5 Å². The highest BCUT2D eigenvalue weighted by Crippen LogP contribution is 2.29. The summed E-state index contributed by atoms with van der Waals surface area (Å²) < 4.78 is 0. The quantitative estimate of drug-likeness (QED) is 0.854. The van der Waals surface area contributed by atoms with Crippen LogP contribution in [0.15, 0.2) is 35.7 Å². The number of nitrogens with one attached hydrogen (secondary N) is 1. The van der Waals surface area contributed by atoms with Crippen molar-refractivity contribution >= 4 is 29.0 Å². The Bertz CT molecular complexity index is 611. The molecule has 0 saturated heterocycles. The summed E-state index contributed by atoms with van der Waals surface area (Å²) in [7, 11) is 0. The van der Waals surface area contributed by atoms with Crippen LogP contribution in [0, 0.1) is 6.92 Å². The molecule has 19 heavy (non-hydrogen) atoms. The molecule has 2 heterocycles. The van der Waals surface area contributed by atoms with Crippen molar-refractivity contribution in [3.8, 4) is 0 Å². The van der Waals surface area contributed by atoms with Gasteiger partial charge < -0.3 is 4.90 Å². The Morgan fingerprint density at radius 2 is 2.11 bits per heavy atom. The number of hydrogen-bond acceptors (Lipinski definition) is 4. The van der Waals surface area contributed by atoms with Gasteiger partial charge in [-0.3, -0.25) is 15.1 Å². The molecule has 0 aliphatic carbocycles. The lowest BCUT2D eigenvalue weighted by molar-refractivity contribution is -0.122. The maximum absolute atomic E-state index is 12.5. The molecule has 6 heteroatoms. The van der Waals surface area contributed by atoms with E-state index in [2.05, 4.69) is 10.5 Å². The van der Waals surface area contributed by atoms with Gasteiger partial charge in [-0.15, -0.1) is 0 Å². The molecule has 0 spiro atoms. The number of halogens is 1. The van der Waals surface area contributed by atoms with E-state index < -0.39 is 6.17 Å². The van der Waals surface area contributed by atoms with Crippen LogP contribution in [0.4, 0.5) is 5.69 Å². The van der Waals surface area contributed by atoms with E-state index in [0.717, 1.165) is 17.1 Å². The maximum atomic E-state index is 12.5. The molecule has 0 fully saturated rings. The fraction of sp³-hybridized carbons (Fsp3) is 0.231. The first-order chi connectivity index (χ1) is 9.09. The smallest absolute Gasteiger partial charge is 0.276 e. The van der Waals surface area contributed by atoms with Gasteiger partial charge in [0.25, 0.3) is 5.91 Å². The van der Waals surface area contributed by atoms with Crippen LogP contribution in [0.1, 0.15) is 12.5 Å². The van der Waals surface area contributed by atoms with Gasteiger partial charge in [0.05, 0.1) is 5.69 Å². The highest BCUT2D eigenvalue weighted by Gasteiger charge is 2.36. The Hall–Kier alpha value is -2.01. The zero-order chi connectivity index (χ0) is 13.6. The summed E-state index contributed by atoms with van der Waals surface area (Å²) in [5, 5.41) is 4.71. The van der Waals surface area contributed by atoms with Gasteiger partial charge in [0.1, 0.15) is 5.84 Å². The van der Waals surface area contributed by atoms with Crippen LogP contribution in [0.3, 0.4) is 0 Å². The van der Waals surface area contributed by atoms with E-state index >= 15 is 0 Å². The van der Waals surface area contributed by atoms with E-state index in [4.69, 9.17) is 11.6 Å². The Kier molecular flexibility index (Phi) is 2.71. The number of amidine groups is 1. The van der Waals surface area contributed by atoms with Crippen molar-refractivity contribution in [3.63, 3.8) is 0 Å². The number of amides is 1. The van der Waals surface area contributed by atoms with Crippen LogP contribution in [-0.2, 0) is 4.79 Å². The zero-order valence-electron chi connectivity index (χ0n) is 10.6. The fourth-order valence-electron chi connectivity index (χ4n) is 2.23. The van der Waals surface area contributed by atoms with Crippen LogP contribution < -0.4 is 10.3 Å². The van der Waals surface area contributed by atoms with Crippen molar-refractivity contribution in [3.05, 3.63) is 41.2 Å². The van der Waals surface area contributed by atoms with Gasteiger partial charge in [0.15, 0.2) is 0 Å². The average molecular weight is 277 g/mol. The van der Waals surface area contributed by atoms with E-state index in [1.807, 2.05) is 38.2 Å². The molecule has 0 radical (unpaired) electrons. The van der Waals surface area contributed by atoms with E-state index in [9.17, 15) is 4.79 Å². The Morgan fingerprint density at radius 3 is 2.89 bits per heavy atom. The van der Waals surface area contributed by atoms with E-state index in [1.165, 1.54) is 0 Å². The summed E-state index contributed by atoms with van der Waals surface area (Å²) in [6.45, 7) is 3.75. The summed E-state index contributed by atoms with van der Waals surface area (Å²) in [5.41, 5.74) is 4.50. The maximum Gasteiger partial charge on any atom is 0.276 e. The van der Waals surface area contributed by atoms with Crippen molar-refractivity contribution in [2.45, 2.75) is 20.0 Å². The molecule has 1 aromatic rings. The van der Waals surface area contributed by atoms with Gasteiger partial charge >= 0.3 is 0 Å². The lowest BCUT2D eigenvalue weighted by atomic mass is 10.1. The molecule has 1 amide bonds. The van der Waals surface area contributed by atoms with E-state index in [1.54, 1.807) is 16.0 Å². The highest BCUT2D eigenvalue weighted by molar-refractivity contribution is 6.31. The van der Waals surface area contributed by atoms with Crippen LogP contribution in [0.2, 0.25) is 5.02 Å². The third-order valence-corrected chi connectivity index (χ3v) is 3.76. The van der Waals surface area contributed by atoms with Crippen molar-refractivity contribution in [2.75, 3.05) is 4.90 Å². The number of anilines is 1. The summed E-state index contributed by atoms with van der Waals surface area (Å²) in [6, 6.07) is 5.52. The average Bonchev–Trinajstić information content (AvgIpc) is 2.77. The monoisotopic (exact) mass is 276 g/mol. The second-order valence-electron chi connectivity index (χ2n) is 4.49. The van der Waals surface area contributed by atoms with Crippen LogP contribution in [-0.4, -0.2) is 22.8 Å². The predicted octanol–water partition coefficient (Wildman–Crippen LogP) is 2.03. The highest BCUT2D eigenvalue weighted by atomic mass is 35.5. The van der Waals surface area contributed by atoms with E-state index in [-0.39, 0.29) is 5.91 Å². The van der Waals surface area contributed by atoms with E-state index in [0.29, 0.717) is 5.02 Å². The third kappa shape index (κ3) is 1.77. The summed E-state index contributed by atoms with van der Waals surface area (Å²) in [6.07, 6.45) is 3.11. The Morgan fingerprint density at radius 1 is 1.32 bits per heavy atom. The third-order valence-electron chi connectivity index (χ3n) is 3.35. The van der Waals surface area contributed by atoms with Crippen molar-refractivity contribution < 1.29 is 4.79 Å². The molecule has 0 aromatic heterocycles. The van der Waals surface area contributed by atoms with Crippen LogP contribution in [0.25, 0.3) is 0 Å². The molecule has 0 saturated carbocycles. The second kappa shape index (κ2) is 4.28. The minimum Gasteiger partial charge on any atom is -0.303 e. The first-order valence-electron chi connectivity index (χ1n) is 5.94. The standard InChI is InChI=1S/C13H13ClN4O/c1-8-10(14)4-3-5-11(8)18-7-6-17-9(2)15-16-12(17)13(18)19/h3-7,12,16H,1-2H3. The number of carbonyl (C=O) groups is 1. The molecule has 2 aliphatic heterocycles. The molecular weight excluding hydrogens is 264 g/mol. The lowest BCUT2D eigenvalue weighted by Crippen LogP contribution is -2.52. The first kappa shape index (κ1) is 12.0. The number of rotatable bonds is 1. The van der Waals surface area contributed by atoms with Gasteiger partial charge in [-0.2, -0.15) is 5.10 Å². The molecule has 1 aromatic carbocycles. The van der Waals surface area contributed by atoms with Gasteiger partial charge in [0.2, 0.25) is 6.17 Å². The largest absolute Gasteiger partial charge is 0.303 e. The zero-order valence-corrected chi connectivity index (χ0v) is 11.3. The van der Waals surface area contributed by atoms with Gasteiger partial charge in [0, 0.05) is 17.4 Å². The van der Waals surface area contributed by atoms with Crippen LogP contribution in [0.5, 0.6) is 0 Å². The van der Waals surface area contributed by atoms with Crippen LogP contribution >= 0.6 is 11.6 Å². The predicted molar refractivity (Wildman–Crippen MR) is 74.7 cm³/mol. The molecule has 0 bridgehead atoms. The SMILES string of the molecule is CC1=NNC2C(=O)N(c3cccc(Cl)c3C)C=CN12. The second-order valence-corrected chi connectivity index (χ2v) is 4.90. The normalized spacial score (nSPS) is 21.3. The molecule has 98 valence electrons. The van der Waals surface area contributed by atoms with Crippen molar-refractivity contribution in [2.24, 2.45) is 5.10 Å². The van der Waals surface area contributed by atoms with Gasteiger partial charge in [-0.25, -0.2) is 0 Å². The number of fused-ring (bicyclic) bond motifs is 1. The van der Waals surface area contributed by atoms with Gasteiger partial charge in [-0.1, -0.05) is 17.7 Å². The summed E-state index contributed by atoms with van der Waals surface area (Å²) in [5.74, 6) is 0.700. The first-order valence-corrected chi connectivity index (χ1v) is 6.32. The minimum absolute atomic E-state index is 0.0755. The summed E-state index contributed by atoms with van der Waals surface area (Å²) >= 11 is 6.10. The number of nitrogens with zero attached hydrogens (tertiary/aromatic N) is 3.